The summed E-state index contributed by atoms with van der Waals surface area (Å²) in [5.41, 5.74) is 1.13. The largest absolute Gasteiger partial charge is 0.324 e. The molecule has 3 N–H and O–H groups in total. The van der Waals surface area contributed by atoms with Gasteiger partial charge in [0.2, 0.25) is 21.8 Å². The molecule has 25 heavy (non-hydrogen) atoms. The van der Waals surface area contributed by atoms with Crippen molar-refractivity contribution in [2.45, 2.75) is 17.9 Å². The second kappa shape index (κ2) is 6.61. The molecule has 0 bridgehead atoms. The quantitative estimate of drug-likeness (QED) is 0.718. The summed E-state index contributed by atoms with van der Waals surface area (Å²) in [5, 5.41) is 5.01. The minimum Gasteiger partial charge on any atom is -0.324 e. The van der Waals surface area contributed by atoms with E-state index in [2.05, 4.69) is 15.4 Å². The summed E-state index contributed by atoms with van der Waals surface area (Å²) < 4.78 is 40.1. The molecule has 0 aliphatic carbocycles. The molecule has 2 aromatic rings. The molecule has 0 saturated carbocycles. The van der Waals surface area contributed by atoms with Gasteiger partial charge in [-0.25, -0.2) is 17.5 Å². The Morgan fingerprint density at radius 3 is 2.28 bits per heavy atom. The zero-order valence-electron chi connectivity index (χ0n) is 12.9. The SMILES string of the molecule is O=C1CC(=O)Nc2cc(S(=O)(=O)NCc3ccc(F)cc3)ccc2N1. The van der Waals surface area contributed by atoms with Crippen molar-refractivity contribution in [3.63, 3.8) is 0 Å². The van der Waals surface area contributed by atoms with Crippen molar-refractivity contribution in [1.29, 1.82) is 0 Å². The number of carbonyl (C=O) groups is 2. The fourth-order valence-electron chi connectivity index (χ4n) is 2.30. The molecule has 0 atom stereocenters. The number of benzene rings is 2. The maximum atomic E-state index is 12.9. The molecule has 0 aromatic heterocycles. The van der Waals surface area contributed by atoms with Crippen molar-refractivity contribution >= 4 is 33.2 Å². The topological polar surface area (TPSA) is 104 Å². The number of hydrogen-bond donors (Lipinski definition) is 3. The van der Waals surface area contributed by atoms with Crippen LogP contribution in [0.3, 0.4) is 0 Å². The van der Waals surface area contributed by atoms with Crippen molar-refractivity contribution in [1.82, 2.24) is 4.72 Å². The fourth-order valence-corrected chi connectivity index (χ4v) is 3.35. The maximum Gasteiger partial charge on any atom is 0.240 e. The molecule has 1 aliphatic heterocycles. The maximum absolute atomic E-state index is 12.9. The van der Waals surface area contributed by atoms with E-state index in [1.54, 1.807) is 0 Å². The minimum atomic E-state index is -3.85. The van der Waals surface area contributed by atoms with E-state index in [9.17, 15) is 22.4 Å². The number of anilines is 2. The molecule has 1 heterocycles. The van der Waals surface area contributed by atoms with Crippen LogP contribution in [0.4, 0.5) is 15.8 Å². The summed E-state index contributed by atoms with van der Waals surface area (Å²) in [6, 6.07) is 9.43. The lowest BCUT2D eigenvalue weighted by Crippen LogP contribution is -2.23. The minimum absolute atomic E-state index is 0.0111. The number of nitrogens with one attached hydrogen (secondary N) is 3. The standard InChI is InChI=1S/C16H14FN3O4S/c17-11-3-1-10(2-4-11)9-18-25(23,24)12-5-6-13-14(7-12)20-16(22)8-15(21)19-13/h1-7,18H,8-9H2,(H,19,21)(H,20,22). The van der Waals surface area contributed by atoms with Gasteiger partial charge in [0.05, 0.1) is 16.3 Å². The Balaban J connectivity index is 1.81. The summed E-state index contributed by atoms with van der Waals surface area (Å²) in [5.74, 6) is -1.40. The van der Waals surface area contributed by atoms with Crippen molar-refractivity contribution in [2.75, 3.05) is 10.6 Å². The zero-order valence-corrected chi connectivity index (χ0v) is 13.7. The van der Waals surface area contributed by atoms with Gasteiger partial charge in [-0.05, 0) is 35.9 Å². The van der Waals surface area contributed by atoms with Crippen LogP contribution < -0.4 is 15.4 Å². The van der Waals surface area contributed by atoms with E-state index in [-0.39, 0.29) is 23.5 Å². The van der Waals surface area contributed by atoms with Gasteiger partial charge in [-0.15, -0.1) is 0 Å². The van der Waals surface area contributed by atoms with Gasteiger partial charge in [-0.2, -0.15) is 0 Å². The second-order valence-electron chi connectivity index (χ2n) is 5.43. The lowest BCUT2D eigenvalue weighted by Gasteiger charge is -2.11. The number of halogens is 1. The highest BCUT2D eigenvalue weighted by Crippen LogP contribution is 2.27. The van der Waals surface area contributed by atoms with Crippen LogP contribution in [-0.2, 0) is 26.2 Å². The fraction of sp³-hybridized carbons (Fsp3) is 0.125. The van der Waals surface area contributed by atoms with E-state index in [0.29, 0.717) is 11.3 Å². The van der Waals surface area contributed by atoms with Crippen LogP contribution >= 0.6 is 0 Å². The summed E-state index contributed by atoms with van der Waals surface area (Å²) in [6.07, 6.45) is -0.334. The Morgan fingerprint density at radius 1 is 0.960 bits per heavy atom. The van der Waals surface area contributed by atoms with E-state index < -0.39 is 27.7 Å². The number of rotatable bonds is 4. The number of amides is 2. The molecule has 0 radical (unpaired) electrons. The highest BCUT2D eigenvalue weighted by atomic mass is 32.2. The third-order valence-corrected chi connectivity index (χ3v) is 4.95. The van der Waals surface area contributed by atoms with Gasteiger partial charge in [-0.1, -0.05) is 12.1 Å². The van der Waals surface area contributed by atoms with Crippen molar-refractivity contribution in [2.24, 2.45) is 0 Å². The van der Waals surface area contributed by atoms with Gasteiger partial charge in [0.25, 0.3) is 0 Å². The molecule has 7 nitrogen and oxygen atoms in total. The van der Waals surface area contributed by atoms with Gasteiger partial charge >= 0.3 is 0 Å². The average Bonchev–Trinajstić information content (AvgIpc) is 2.69. The number of fused-ring (bicyclic) bond motifs is 1. The molecular weight excluding hydrogens is 349 g/mol. The molecule has 0 unspecified atom stereocenters. The molecule has 0 fully saturated rings. The summed E-state index contributed by atoms with van der Waals surface area (Å²) in [4.78, 5) is 23.0. The number of sulfonamides is 1. The summed E-state index contributed by atoms with van der Waals surface area (Å²) in [6.45, 7) is -0.0111. The van der Waals surface area contributed by atoms with Crippen LogP contribution in [0.1, 0.15) is 12.0 Å². The average molecular weight is 363 g/mol. The smallest absolute Gasteiger partial charge is 0.240 e. The van der Waals surface area contributed by atoms with Crippen LogP contribution in [0.5, 0.6) is 0 Å². The van der Waals surface area contributed by atoms with Crippen LogP contribution in [0.15, 0.2) is 47.4 Å². The van der Waals surface area contributed by atoms with E-state index in [4.69, 9.17) is 0 Å². The lowest BCUT2D eigenvalue weighted by atomic mass is 10.2. The first-order chi connectivity index (χ1) is 11.8. The van der Waals surface area contributed by atoms with Crippen LogP contribution in [0.2, 0.25) is 0 Å². The summed E-state index contributed by atoms with van der Waals surface area (Å²) >= 11 is 0. The molecule has 9 heteroatoms. The molecule has 2 aromatic carbocycles. The van der Waals surface area contributed by atoms with Crippen LogP contribution in [0.25, 0.3) is 0 Å². The Hall–Kier alpha value is -2.78. The molecule has 0 spiro atoms. The molecule has 3 rings (SSSR count). The highest BCUT2D eigenvalue weighted by molar-refractivity contribution is 7.89. The van der Waals surface area contributed by atoms with Gasteiger partial charge in [0.1, 0.15) is 12.2 Å². The number of hydrogen-bond acceptors (Lipinski definition) is 4. The second-order valence-corrected chi connectivity index (χ2v) is 7.20. The first kappa shape index (κ1) is 17.1. The lowest BCUT2D eigenvalue weighted by molar-refractivity contribution is -0.123. The molecule has 0 saturated heterocycles. The normalized spacial score (nSPS) is 14.3. The van der Waals surface area contributed by atoms with E-state index in [1.807, 2.05) is 0 Å². The van der Waals surface area contributed by atoms with Gasteiger partial charge in [-0.3, -0.25) is 9.59 Å². The van der Waals surface area contributed by atoms with Crippen molar-refractivity contribution < 1.29 is 22.4 Å². The van der Waals surface area contributed by atoms with E-state index >= 15 is 0 Å². The molecule has 130 valence electrons. The number of carbonyl (C=O) groups excluding carboxylic acids is 2. The third kappa shape index (κ3) is 4.01. The van der Waals surface area contributed by atoms with E-state index in [1.165, 1.54) is 42.5 Å². The van der Waals surface area contributed by atoms with Gasteiger partial charge < -0.3 is 10.6 Å². The Morgan fingerprint density at radius 2 is 1.60 bits per heavy atom. The Labute approximate surface area is 143 Å². The molecule has 2 amide bonds. The predicted octanol–water partition coefficient (Wildman–Crippen LogP) is 1.58. The first-order valence-electron chi connectivity index (χ1n) is 7.31. The van der Waals surface area contributed by atoms with Gasteiger partial charge in [0, 0.05) is 6.54 Å². The van der Waals surface area contributed by atoms with Crippen LogP contribution in [0, 0.1) is 5.82 Å². The zero-order chi connectivity index (χ0) is 18.0. The summed E-state index contributed by atoms with van der Waals surface area (Å²) in [7, 11) is -3.85. The first-order valence-corrected chi connectivity index (χ1v) is 8.80. The molecular formula is C16H14FN3O4S. The van der Waals surface area contributed by atoms with Crippen molar-refractivity contribution in [3.05, 3.63) is 53.8 Å². The monoisotopic (exact) mass is 363 g/mol. The third-order valence-electron chi connectivity index (χ3n) is 3.55. The predicted molar refractivity (Wildman–Crippen MR) is 88.7 cm³/mol. The van der Waals surface area contributed by atoms with Gasteiger partial charge in [0.15, 0.2) is 0 Å². The van der Waals surface area contributed by atoms with Crippen LogP contribution in [-0.4, -0.2) is 20.2 Å². The highest BCUT2D eigenvalue weighted by Gasteiger charge is 2.21. The Kier molecular flexibility index (Phi) is 4.51. The Bertz CT molecular complexity index is 942. The molecule has 1 aliphatic rings. The van der Waals surface area contributed by atoms with E-state index in [0.717, 1.165) is 0 Å². The van der Waals surface area contributed by atoms with Crippen molar-refractivity contribution in [3.8, 4) is 0 Å².